The van der Waals surface area contributed by atoms with Crippen molar-refractivity contribution < 1.29 is 18.0 Å². The van der Waals surface area contributed by atoms with Crippen LogP contribution in [0, 0.1) is 6.92 Å². The molecule has 0 bridgehead atoms. The van der Waals surface area contributed by atoms with Crippen molar-refractivity contribution in [3.8, 4) is 11.4 Å². The van der Waals surface area contributed by atoms with Crippen molar-refractivity contribution in [2.24, 2.45) is 0 Å². The maximum Gasteiger partial charge on any atom is 0.434 e. The van der Waals surface area contributed by atoms with E-state index in [2.05, 4.69) is 5.10 Å². The van der Waals surface area contributed by atoms with E-state index in [9.17, 15) is 22.8 Å². The molecule has 2 heterocycles. The van der Waals surface area contributed by atoms with Crippen LogP contribution in [0.15, 0.2) is 47.5 Å². The summed E-state index contributed by atoms with van der Waals surface area (Å²) in [5, 5.41) is 3.77. The van der Waals surface area contributed by atoms with E-state index < -0.39 is 28.8 Å². The van der Waals surface area contributed by atoms with E-state index in [4.69, 9.17) is 11.6 Å². The molecule has 0 aliphatic carbocycles. The molecule has 0 saturated carbocycles. The van der Waals surface area contributed by atoms with Gasteiger partial charge in [0.2, 0.25) is 0 Å². The Morgan fingerprint density at radius 3 is 2.26 bits per heavy atom. The fourth-order valence-corrected chi connectivity index (χ4v) is 2.79. The van der Waals surface area contributed by atoms with E-state index in [1.807, 2.05) is 0 Å². The predicted octanol–water partition coefficient (Wildman–Crippen LogP) is 4.21. The highest BCUT2D eigenvalue weighted by atomic mass is 35.5. The summed E-state index contributed by atoms with van der Waals surface area (Å²) in [6.45, 7) is 2.74. The minimum atomic E-state index is -4.75. The average Bonchev–Trinajstić information content (AvgIpc) is 3.06. The maximum atomic E-state index is 13.4. The smallest absolute Gasteiger partial charge is 0.294 e. The molecule has 0 radical (unpaired) electrons. The van der Waals surface area contributed by atoms with Gasteiger partial charge in [-0.1, -0.05) is 11.6 Å². The zero-order valence-corrected chi connectivity index (χ0v) is 15.0. The molecule has 0 atom stereocenters. The third kappa shape index (κ3) is 3.40. The zero-order chi connectivity index (χ0) is 19.9. The van der Waals surface area contributed by atoms with Crippen LogP contribution in [0.25, 0.3) is 11.4 Å². The van der Waals surface area contributed by atoms with Crippen LogP contribution in [0.3, 0.4) is 0 Å². The van der Waals surface area contributed by atoms with Gasteiger partial charge in [0.25, 0.3) is 5.56 Å². The summed E-state index contributed by atoms with van der Waals surface area (Å²) >= 11 is 5.96. The van der Waals surface area contributed by atoms with Crippen molar-refractivity contribution in [2.75, 3.05) is 0 Å². The Morgan fingerprint density at radius 1 is 1.11 bits per heavy atom. The molecule has 3 aromatic rings. The molecule has 0 unspecified atom stereocenters. The number of ketones is 1. The summed E-state index contributed by atoms with van der Waals surface area (Å²) in [6.07, 6.45) is -2.33. The highest BCUT2D eigenvalue weighted by Crippen LogP contribution is 2.34. The Hall–Kier alpha value is -2.87. The first-order valence-electron chi connectivity index (χ1n) is 7.76. The zero-order valence-electron chi connectivity index (χ0n) is 14.2. The number of alkyl halides is 3. The number of carbonyl (C=O) groups is 1. The number of hydrogen-bond acceptors (Lipinski definition) is 3. The molecular weight excluding hydrogens is 383 g/mol. The molecule has 0 amide bonds. The van der Waals surface area contributed by atoms with Gasteiger partial charge in [-0.05, 0) is 49.7 Å². The summed E-state index contributed by atoms with van der Waals surface area (Å²) in [7, 11) is 0. The summed E-state index contributed by atoms with van der Waals surface area (Å²) in [5.74, 6) is -0.731. The molecule has 0 aliphatic heterocycles. The van der Waals surface area contributed by atoms with Gasteiger partial charge < -0.3 is 0 Å². The van der Waals surface area contributed by atoms with Gasteiger partial charge in [-0.3, -0.25) is 14.2 Å². The molecular formula is C18H13ClF3N3O2. The first-order valence-corrected chi connectivity index (χ1v) is 8.14. The van der Waals surface area contributed by atoms with Gasteiger partial charge in [0, 0.05) is 11.9 Å². The molecule has 0 N–H and O–H groups in total. The van der Waals surface area contributed by atoms with E-state index in [1.54, 1.807) is 13.0 Å². The number of aryl methyl sites for hydroxylation is 1. The van der Waals surface area contributed by atoms with Crippen molar-refractivity contribution >= 4 is 17.4 Å². The number of rotatable bonds is 3. The molecule has 0 spiro atoms. The maximum absolute atomic E-state index is 13.4. The molecule has 27 heavy (non-hydrogen) atoms. The van der Waals surface area contributed by atoms with E-state index in [0.717, 1.165) is 13.1 Å². The number of pyridine rings is 1. The summed E-state index contributed by atoms with van der Waals surface area (Å²) in [6, 6.07) is 7.35. The normalized spacial score (nSPS) is 11.6. The Balaban J connectivity index is 2.09. The van der Waals surface area contributed by atoms with Gasteiger partial charge in [0.05, 0.1) is 17.4 Å². The number of benzene rings is 1. The Kier molecular flexibility index (Phi) is 4.69. The summed E-state index contributed by atoms with van der Waals surface area (Å²) in [4.78, 5) is 23.7. The van der Waals surface area contributed by atoms with E-state index >= 15 is 0 Å². The number of nitrogens with zero attached hydrogens (tertiary/aromatic N) is 3. The third-order valence-electron chi connectivity index (χ3n) is 4.02. The van der Waals surface area contributed by atoms with Crippen molar-refractivity contribution in [1.29, 1.82) is 0 Å². The van der Waals surface area contributed by atoms with Crippen molar-refractivity contribution in [1.82, 2.24) is 14.3 Å². The first kappa shape index (κ1) is 18.9. The van der Waals surface area contributed by atoms with Gasteiger partial charge in [-0.25, -0.2) is 4.68 Å². The molecule has 3 rings (SSSR count). The molecule has 140 valence electrons. The quantitative estimate of drug-likeness (QED) is 0.624. The lowest BCUT2D eigenvalue weighted by Gasteiger charge is -2.13. The van der Waals surface area contributed by atoms with Crippen LogP contribution in [0.4, 0.5) is 13.2 Å². The van der Waals surface area contributed by atoms with Crippen LogP contribution in [-0.4, -0.2) is 20.1 Å². The number of carbonyl (C=O) groups excluding carboxylic acids is 1. The molecule has 0 aliphatic rings. The van der Waals surface area contributed by atoms with E-state index in [0.29, 0.717) is 15.9 Å². The first-order chi connectivity index (χ1) is 12.6. The van der Waals surface area contributed by atoms with Crippen LogP contribution in [0.5, 0.6) is 0 Å². The molecule has 2 aromatic heterocycles. The predicted molar refractivity (Wildman–Crippen MR) is 93.9 cm³/mol. The Morgan fingerprint density at radius 2 is 1.70 bits per heavy atom. The minimum absolute atomic E-state index is 0.0686. The third-order valence-corrected chi connectivity index (χ3v) is 4.48. The fraction of sp³-hybridized carbons (Fsp3) is 0.167. The van der Waals surface area contributed by atoms with Crippen molar-refractivity contribution in [3.05, 3.63) is 74.9 Å². The lowest BCUT2D eigenvalue weighted by atomic mass is 10.1. The van der Waals surface area contributed by atoms with E-state index in [-0.39, 0.29) is 10.7 Å². The molecule has 5 nitrogen and oxygen atoms in total. The van der Waals surface area contributed by atoms with Gasteiger partial charge in [-0.2, -0.15) is 18.3 Å². The van der Waals surface area contributed by atoms with Crippen molar-refractivity contribution in [3.63, 3.8) is 0 Å². The standard InChI is InChI=1S/C18H13ClF3N3O2/c1-10-7-8-24(17(27)15(10)19)12-3-5-13(6-4-12)25-16(18(20,21)22)14(9-23-25)11(2)26/h3-9H,1-2H3. The van der Waals surface area contributed by atoms with Crippen molar-refractivity contribution in [2.45, 2.75) is 20.0 Å². The van der Waals surface area contributed by atoms with Gasteiger partial charge in [-0.15, -0.1) is 0 Å². The van der Waals surface area contributed by atoms with E-state index in [1.165, 1.54) is 35.0 Å². The summed E-state index contributed by atoms with van der Waals surface area (Å²) < 4.78 is 42.1. The lowest BCUT2D eigenvalue weighted by Crippen LogP contribution is -2.19. The minimum Gasteiger partial charge on any atom is -0.294 e. The van der Waals surface area contributed by atoms with Gasteiger partial charge in [0.1, 0.15) is 5.02 Å². The molecule has 0 fully saturated rings. The largest absolute Gasteiger partial charge is 0.434 e. The monoisotopic (exact) mass is 395 g/mol. The Bertz CT molecular complexity index is 1080. The van der Waals surface area contributed by atoms with Gasteiger partial charge in [0.15, 0.2) is 11.5 Å². The summed E-state index contributed by atoms with van der Waals surface area (Å²) in [5.41, 5.74) is -0.926. The SMILES string of the molecule is CC(=O)c1cnn(-c2ccc(-n3ccc(C)c(Cl)c3=O)cc2)c1C(F)(F)F. The van der Waals surface area contributed by atoms with Crippen LogP contribution >= 0.6 is 11.6 Å². The topological polar surface area (TPSA) is 56.9 Å². The van der Waals surface area contributed by atoms with Crippen LogP contribution in [-0.2, 0) is 6.18 Å². The number of halogens is 4. The molecule has 1 aromatic carbocycles. The number of Topliss-reactive ketones (excluding diaryl/α,β-unsaturated/α-hetero) is 1. The molecule has 9 heteroatoms. The van der Waals surface area contributed by atoms with Crippen LogP contribution < -0.4 is 5.56 Å². The highest BCUT2D eigenvalue weighted by molar-refractivity contribution is 6.31. The highest BCUT2D eigenvalue weighted by Gasteiger charge is 2.39. The number of aromatic nitrogens is 3. The second-order valence-electron chi connectivity index (χ2n) is 5.88. The second-order valence-corrected chi connectivity index (χ2v) is 6.25. The Labute approximate surface area is 156 Å². The van der Waals surface area contributed by atoms with Crippen LogP contribution in [0.2, 0.25) is 5.02 Å². The van der Waals surface area contributed by atoms with Crippen LogP contribution in [0.1, 0.15) is 28.5 Å². The van der Waals surface area contributed by atoms with Gasteiger partial charge >= 0.3 is 6.18 Å². The lowest BCUT2D eigenvalue weighted by molar-refractivity contribution is -0.143. The number of hydrogen-bond donors (Lipinski definition) is 0. The second kappa shape index (κ2) is 6.70. The fourth-order valence-electron chi connectivity index (χ4n) is 2.63. The molecule has 0 saturated heterocycles. The average molecular weight is 396 g/mol.